The zero-order chi connectivity index (χ0) is 25.7. The highest BCUT2D eigenvalue weighted by molar-refractivity contribution is 6.08. The van der Waals surface area contributed by atoms with Crippen LogP contribution in [0.25, 0.3) is 11.0 Å². The van der Waals surface area contributed by atoms with E-state index < -0.39 is 35.5 Å². The van der Waals surface area contributed by atoms with Crippen LogP contribution in [0.4, 0.5) is 4.79 Å². The van der Waals surface area contributed by atoms with Crippen molar-refractivity contribution in [3.8, 4) is 0 Å². The Labute approximate surface area is 206 Å². The van der Waals surface area contributed by atoms with Gasteiger partial charge >= 0.3 is 11.7 Å². The van der Waals surface area contributed by atoms with Gasteiger partial charge in [0.1, 0.15) is 30.3 Å². The van der Waals surface area contributed by atoms with E-state index in [9.17, 15) is 24.0 Å². The molecule has 186 valence electrons. The first-order valence-electron chi connectivity index (χ1n) is 11.5. The van der Waals surface area contributed by atoms with Crippen LogP contribution in [-0.2, 0) is 20.9 Å². The molecule has 10 heteroatoms. The molecule has 4 amide bonds. The monoisotopic (exact) mass is 491 g/mol. The van der Waals surface area contributed by atoms with Gasteiger partial charge in [0.05, 0.1) is 0 Å². The second kappa shape index (κ2) is 10.9. The number of alkyl carbamates (subject to hydrolysis) is 1. The molecule has 1 aromatic heterocycles. The maximum atomic E-state index is 12.9. The molecule has 0 spiro atoms. The van der Waals surface area contributed by atoms with E-state index >= 15 is 0 Å². The Morgan fingerprint density at radius 1 is 1.06 bits per heavy atom. The number of likely N-dealkylation sites (tertiary alicyclic amines) is 1. The van der Waals surface area contributed by atoms with Crippen LogP contribution in [0.15, 0.2) is 63.8 Å². The van der Waals surface area contributed by atoms with Gasteiger partial charge in [0.15, 0.2) is 0 Å². The van der Waals surface area contributed by atoms with Crippen LogP contribution in [0.1, 0.15) is 34.3 Å². The molecule has 0 saturated carbocycles. The lowest BCUT2D eigenvalue weighted by Gasteiger charge is -2.23. The third kappa shape index (κ3) is 5.43. The molecule has 1 atom stereocenters. The van der Waals surface area contributed by atoms with Crippen molar-refractivity contribution in [3.63, 3.8) is 0 Å². The summed E-state index contributed by atoms with van der Waals surface area (Å²) in [6.07, 6.45) is 0.128. The molecule has 1 saturated heterocycles. The minimum Gasteiger partial charge on any atom is -0.445 e. The van der Waals surface area contributed by atoms with Gasteiger partial charge in [-0.2, -0.15) is 0 Å². The summed E-state index contributed by atoms with van der Waals surface area (Å²) >= 11 is 0. The van der Waals surface area contributed by atoms with Gasteiger partial charge in [-0.3, -0.25) is 19.7 Å². The van der Waals surface area contributed by atoms with Crippen LogP contribution in [-0.4, -0.2) is 47.8 Å². The van der Waals surface area contributed by atoms with Crippen molar-refractivity contribution in [2.75, 3.05) is 13.1 Å². The smallest absolute Gasteiger partial charge is 0.407 e. The zero-order valence-corrected chi connectivity index (χ0v) is 19.6. The number of amides is 4. The molecule has 3 aromatic rings. The number of hydrogen-bond acceptors (Lipinski definition) is 7. The van der Waals surface area contributed by atoms with Crippen LogP contribution < -0.4 is 16.3 Å². The normalized spacial score (nSPS) is 14.9. The van der Waals surface area contributed by atoms with Crippen LogP contribution in [0.2, 0.25) is 0 Å². The molecule has 36 heavy (non-hydrogen) atoms. The lowest BCUT2D eigenvalue weighted by atomic mass is 10.1. The number of fused-ring (bicyclic) bond motifs is 1. The number of carbonyl (C=O) groups excluding carboxylic acids is 4. The topological polar surface area (TPSA) is 135 Å². The van der Waals surface area contributed by atoms with Gasteiger partial charge in [-0.05, 0) is 37.0 Å². The lowest BCUT2D eigenvalue weighted by molar-refractivity contribution is -0.137. The minimum absolute atomic E-state index is 0.0555. The molecule has 10 nitrogen and oxygen atoms in total. The van der Waals surface area contributed by atoms with Gasteiger partial charge < -0.3 is 19.4 Å². The van der Waals surface area contributed by atoms with Gasteiger partial charge in [0.25, 0.3) is 5.91 Å². The molecule has 0 radical (unpaired) electrons. The van der Waals surface area contributed by atoms with Crippen molar-refractivity contribution in [2.24, 2.45) is 0 Å². The number of nitrogens with one attached hydrogen (secondary N) is 2. The quantitative estimate of drug-likeness (QED) is 0.399. The number of aryl methyl sites for hydroxylation is 1. The highest BCUT2D eigenvalue weighted by atomic mass is 16.5. The first-order chi connectivity index (χ1) is 17.3. The van der Waals surface area contributed by atoms with E-state index in [1.165, 1.54) is 4.90 Å². The molecule has 4 rings (SSSR count). The maximum absolute atomic E-state index is 12.9. The van der Waals surface area contributed by atoms with Crippen molar-refractivity contribution >= 4 is 34.8 Å². The Morgan fingerprint density at radius 2 is 1.78 bits per heavy atom. The molecular formula is C26H25N3O7. The number of hydrogen-bond donors (Lipinski definition) is 2. The first kappa shape index (κ1) is 24.6. The van der Waals surface area contributed by atoms with E-state index in [1.54, 1.807) is 43.3 Å². The number of carbonyl (C=O) groups is 4. The van der Waals surface area contributed by atoms with E-state index in [0.29, 0.717) is 35.9 Å². The van der Waals surface area contributed by atoms with E-state index in [-0.39, 0.29) is 18.7 Å². The number of para-hydroxylation sites is 1. The standard InChI is InChI=1S/C26H25N3O7/c1-16-18-10-5-6-12-20(18)36-25(33)22(16)24(32)28-23(31)19-11-7-13-29(19)21(30)14-27-26(34)35-15-17-8-3-2-4-9-17/h2-6,8-10,12,19H,7,11,13-15H2,1H3,(H,27,34)(H,28,31,32)/t19-/m0/s1. The van der Waals surface area contributed by atoms with Gasteiger partial charge in [-0.25, -0.2) is 9.59 Å². The second-order valence-corrected chi connectivity index (χ2v) is 8.36. The Kier molecular flexibility index (Phi) is 7.43. The van der Waals surface area contributed by atoms with Crippen LogP contribution >= 0.6 is 0 Å². The van der Waals surface area contributed by atoms with Crippen molar-refractivity contribution in [3.05, 3.63) is 81.7 Å². The van der Waals surface area contributed by atoms with Crippen molar-refractivity contribution < 1.29 is 28.3 Å². The van der Waals surface area contributed by atoms with Crippen LogP contribution in [0.5, 0.6) is 0 Å². The summed E-state index contributed by atoms with van der Waals surface area (Å²) in [5, 5.41) is 5.19. The Hall–Kier alpha value is -4.47. The lowest BCUT2D eigenvalue weighted by Crippen LogP contribution is -2.50. The largest absolute Gasteiger partial charge is 0.445 e. The molecule has 0 bridgehead atoms. The fourth-order valence-corrected chi connectivity index (χ4v) is 4.19. The fraction of sp³-hybridized carbons (Fsp3) is 0.269. The summed E-state index contributed by atoms with van der Waals surface area (Å²) in [5.74, 6) is -2.08. The average Bonchev–Trinajstić information content (AvgIpc) is 3.37. The Bertz CT molecular complexity index is 1370. The summed E-state index contributed by atoms with van der Waals surface area (Å²) in [6, 6.07) is 15.0. The molecule has 1 aliphatic rings. The third-order valence-electron chi connectivity index (χ3n) is 6.01. The highest BCUT2D eigenvalue weighted by Crippen LogP contribution is 2.20. The highest BCUT2D eigenvalue weighted by Gasteiger charge is 2.35. The third-order valence-corrected chi connectivity index (χ3v) is 6.01. The van der Waals surface area contributed by atoms with E-state index in [4.69, 9.17) is 9.15 Å². The zero-order valence-electron chi connectivity index (χ0n) is 19.6. The SMILES string of the molecule is Cc1c(C(=O)NC(=O)[C@@H]2CCCN2C(=O)CNC(=O)OCc2ccccc2)c(=O)oc2ccccc12. The molecule has 1 aliphatic heterocycles. The average molecular weight is 492 g/mol. The van der Waals surface area contributed by atoms with Gasteiger partial charge in [-0.1, -0.05) is 48.5 Å². The first-order valence-corrected chi connectivity index (χ1v) is 11.5. The number of nitrogens with zero attached hydrogens (tertiary/aromatic N) is 1. The van der Waals surface area contributed by atoms with Crippen molar-refractivity contribution in [1.29, 1.82) is 0 Å². The summed E-state index contributed by atoms with van der Waals surface area (Å²) in [6.45, 7) is 1.59. The Balaban J connectivity index is 1.35. The molecule has 2 N–H and O–H groups in total. The second-order valence-electron chi connectivity index (χ2n) is 8.36. The van der Waals surface area contributed by atoms with Gasteiger partial charge in [0, 0.05) is 11.9 Å². The molecule has 1 fully saturated rings. The predicted molar refractivity (Wildman–Crippen MR) is 129 cm³/mol. The summed E-state index contributed by atoms with van der Waals surface area (Å²) in [4.78, 5) is 64.0. The van der Waals surface area contributed by atoms with E-state index in [2.05, 4.69) is 10.6 Å². The summed E-state index contributed by atoms with van der Waals surface area (Å²) in [7, 11) is 0. The van der Waals surface area contributed by atoms with Crippen molar-refractivity contribution in [1.82, 2.24) is 15.5 Å². The fourth-order valence-electron chi connectivity index (χ4n) is 4.19. The molecule has 2 heterocycles. The number of ether oxygens (including phenoxy) is 1. The Morgan fingerprint density at radius 3 is 2.56 bits per heavy atom. The van der Waals surface area contributed by atoms with E-state index in [1.807, 2.05) is 18.2 Å². The van der Waals surface area contributed by atoms with Crippen LogP contribution in [0, 0.1) is 6.92 Å². The maximum Gasteiger partial charge on any atom is 0.407 e. The predicted octanol–water partition coefficient (Wildman–Crippen LogP) is 2.28. The summed E-state index contributed by atoms with van der Waals surface area (Å²) in [5.41, 5.74) is 0.417. The van der Waals surface area contributed by atoms with Gasteiger partial charge in [0.2, 0.25) is 11.8 Å². The molecular weight excluding hydrogens is 466 g/mol. The molecule has 0 aliphatic carbocycles. The number of rotatable bonds is 6. The van der Waals surface area contributed by atoms with E-state index in [0.717, 1.165) is 5.56 Å². The van der Waals surface area contributed by atoms with Gasteiger partial charge in [-0.15, -0.1) is 0 Å². The number of imide groups is 1. The minimum atomic E-state index is -0.906. The van der Waals surface area contributed by atoms with Crippen molar-refractivity contribution in [2.45, 2.75) is 32.4 Å². The molecule has 2 aromatic carbocycles. The summed E-state index contributed by atoms with van der Waals surface area (Å²) < 4.78 is 10.3. The number of benzene rings is 2. The van der Waals surface area contributed by atoms with Crippen LogP contribution in [0.3, 0.4) is 0 Å². The molecule has 0 unspecified atom stereocenters.